The Morgan fingerprint density at radius 1 is 1.06 bits per heavy atom. The van der Waals surface area contributed by atoms with Gasteiger partial charge in [-0.2, -0.15) is 8.75 Å². The third-order valence-corrected chi connectivity index (χ3v) is 4.18. The molecule has 0 fully saturated rings. The van der Waals surface area contributed by atoms with E-state index < -0.39 is 0 Å². The van der Waals surface area contributed by atoms with Gasteiger partial charge in [0.1, 0.15) is 0 Å². The summed E-state index contributed by atoms with van der Waals surface area (Å²) in [6.07, 6.45) is 0. The Kier molecular flexibility index (Phi) is 3.41. The topological polar surface area (TPSA) is 51.6 Å². The van der Waals surface area contributed by atoms with Crippen molar-refractivity contribution in [3.8, 4) is 0 Å². The molecule has 0 atom stereocenters. The van der Waals surface area contributed by atoms with Crippen LogP contribution in [0.25, 0.3) is 0 Å². The lowest BCUT2D eigenvalue weighted by Gasteiger charge is -2.05. The molecular formula is C9H9ClN4S2. The maximum absolute atomic E-state index is 5.86. The van der Waals surface area contributed by atoms with E-state index in [-0.39, 0.29) is 0 Å². The second-order valence-electron chi connectivity index (χ2n) is 3.26. The molecule has 0 saturated carbocycles. The van der Waals surface area contributed by atoms with Crippen LogP contribution in [-0.2, 0) is 0 Å². The summed E-state index contributed by atoms with van der Waals surface area (Å²) in [6.45, 7) is 5.94. The van der Waals surface area contributed by atoms with Crippen molar-refractivity contribution in [3.63, 3.8) is 0 Å². The van der Waals surface area contributed by atoms with Gasteiger partial charge in [0, 0.05) is 11.4 Å². The van der Waals surface area contributed by atoms with Crippen molar-refractivity contribution in [1.82, 2.24) is 18.7 Å². The summed E-state index contributed by atoms with van der Waals surface area (Å²) in [5, 5.41) is 1.74. The van der Waals surface area contributed by atoms with E-state index in [0.717, 1.165) is 28.7 Å². The van der Waals surface area contributed by atoms with Crippen molar-refractivity contribution in [3.05, 3.63) is 22.1 Å². The lowest BCUT2D eigenvalue weighted by molar-refractivity contribution is 0.879. The zero-order valence-electron chi connectivity index (χ0n) is 8.98. The Balaban J connectivity index is 2.33. The zero-order chi connectivity index (χ0) is 11.7. The number of rotatable bonds is 2. The number of nitrogens with zero attached hydrogens (tertiary/aromatic N) is 4. The number of aromatic nitrogens is 4. The number of aryl methyl sites for hydroxylation is 2. The minimum atomic E-state index is 0.412. The molecule has 84 valence electrons. The van der Waals surface area contributed by atoms with Gasteiger partial charge in [-0.3, -0.25) is 0 Å². The highest BCUT2D eigenvalue weighted by Gasteiger charge is 2.11. The van der Waals surface area contributed by atoms with E-state index in [1.807, 2.05) is 20.8 Å². The Morgan fingerprint density at radius 3 is 2.19 bits per heavy atom. The smallest absolute Gasteiger partial charge is 0.194 e. The molecule has 0 unspecified atom stereocenters. The summed E-state index contributed by atoms with van der Waals surface area (Å²) in [5.41, 5.74) is 3.08. The largest absolute Gasteiger partial charge is 0.227 e. The third kappa shape index (κ3) is 2.34. The first-order valence-corrected chi connectivity index (χ1v) is 6.48. The molecule has 16 heavy (non-hydrogen) atoms. The highest BCUT2D eigenvalue weighted by molar-refractivity contribution is 7.99. The molecule has 0 aliphatic heterocycles. The van der Waals surface area contributed by atoms with Crippen molar-refractivity contribution in [2.24, 2.45) is 0 Å². The van der Waals surface area contributed by atoms with Crippen molar-refractivity contribution in [2.45, 2.75) is 31.0 Å². The zero-order valence-corrected chi connectivity index (χ0v) is 11.4. The van der Waals surface area contributed by atoms with Crippen LogP contribution in [-0.4, -0.2) is 18.7 Å². The quantitative estimate of drug-likeness (QED) is 0.787. The summed E-state index contributed by atoms with van der Waals surface area (Å²) in [5.74, 6) is 0. The van der Waals surface area contributed by atoms with Crippen LogP contribution in [0.3, 0.4) is 0 Å². The average molecular weight is 273 g/mol. The fourth-order valence-electron chi connectivity index (χ4n) is 1.10. The molecule has 7 heteroatoms. The molecule has 0 aliphatic rings. The van der Waals surface area contributed by atoms with Gasteiger partial charge in [0.15, 0.2) is 15.3 Å². The van der Waals surface area contributed by atoms with Crippen molar-refractivity contribution >= 4 is 35.1 Å². The molecule has 0 aliphatic carbocycles. The predicted molar refractivity (Wildman–Crippen MR) is 65.3 cm³/mol. The van der Waals surface area contributed by atoms with Crippen LogP contribution in [0.15, 0.2) is 10.2 Å². The lowest BCUT2D eigenvalue weighted by atomic mass is 10.2. The van der Waals surface area contributed by atoms with Crippen LogP contribution >= 0.6 is 35.1 Å². The maximum Gasteiger partial charge on any atom is 0.194 e. The van der Waals surface area contributed by atoms with Crippen LogP contribution in [0.4, 0.5) is 0 Å². The van der Waals surface area contributed by atoms with E-state index in [1.165, 1.54) is 11.8 Å². The SMILES string of the molecule is Cc1nc(Sc2nsnc2Cl)nc(C)c1C. The van der Waals surface area contributed by atoms with Gasteiger partial charge in [-0.15, -0.1) is 0 Å². The fraction of sp³-hybridized carbons (Fsp3) is 0.333. The van der Waals surface area contributed by atoms with Gasteiger partial charge in [-0.1, -0.05) is 11.6 Å². The molecule has 0 saturated heterocycles. The lowest BCUT2D eigenvalue weighted by Crippen LogP contribution is -1.97. The first kappa shape index (κ1) is 11.8. The van der Waals surface area contributed by atoms with Crippen molar-refractivity contribution in [2.75, 3.05) is 0 Å². The van der Waals surface area contributed by atoms with E-state index in [9.17, 15) is 0 Å². The van der Waals surface area contributed by atoms with Gasteiger partial charge in [-0.05, 0) is 38.1 Å². The summed E-state index contributed by atoms with van der Waals surface area (Å²) in [7, 11) is 0. The molecular weight excluding hydrogens is 264 g/mol. The van der Waals surface area contributed by atoms with Crippen LogP contribution in [0.5, 0.6) is 0 Å². The second kappa shape index (κ2) is 4.65. The summed E-state index contributed by atoms with van der Waals surface area (Å²) in [6, 6.07) is 0. The van der Waals surface area contributed by atoms with Gasteiger partial charge < -0.3 is 0 Å². The predicted octanol–water partition coefficient (Wildman–Crippen LogP) is 3.06. The highest BCUT2D eigenvalue weighted by Crippen LogP contribution is 2.29. The fourth-order valence-corrected chi connectivity index (χ4v) is 2.74. The number of hydrogen-bond donors (Lipinski definition) is 0. The van der Waals surface area contributed by atoms with E-state index in [1.54, 1.807) is 0 Å². The molecule has 0 bridgehead atoms. The van der Waals surface area contributed by atoms with Gasteiger partial charge in [0.05, 0.1) is 11.7 Å². The van der Waals surface area contributed by atoms with Gasteiger partial charge in [-0.25, -0.2) is 9.97 Å². The third-order valence-electron chi connectivity index (χ3n) is 2.22. The summed E-state index contributed by atoms with van der Waals surface area (Å²) < 4.78 is 7.97. The molecule has 0 radical (unpaired) electrons. The van der Waals surface area contributed by atoms with E-state index in [0.29, 0.717) is 15.3 Å². The average Bonchev–Trinajstić information content (AvgIpc) is 2.61. The molecule has 2 aromatic rings. The molecule has 0 spiro atoms. The Hall–Kier alpha value is -0.720. The Bertz CT molecular complexity index is 503. The Morgan fingerprint density at radius 2 is 1.69 bits per heavy atom. The van der Waals surface area contributed by atoms with Crippen LogP contribution in [0.2, 0.25) is 5.15 Å². The van der Waals surface area contributed by atoms with E-state index >= 15 is 0 Å². The maximum atomic E-state index is 5.86. The minimum absolute atomic E-state index is 0.412. The van der Waals surface area contributed by atoms with Gasteiger partial charge in [0.2, 0.25) is 0 Å². The van der Waals surface area contributed by atoms with Gasteiger partial charge >= 0.3 is 0 Å². The first-order valence-electron chi connectivity index (χ1n) is 4.55. The molecule has 2 heterocycles. The van der Waals surface area contributed by atoms with E-state index in [2.05, 4.69) is 18.7 Å². The van der Waals surface area contributed by atoms with E-state index in [4.69, 9.17) is 11.6 Å². The van der Waals surface area contributed by atoms with Crippen LogP contribution in [0, 0.1) is 20.8 Å². The standard InChI is InChI=1S/C9H9ClN4S2/c1-4-5(2)11-9(12-6(4)3)15-8-7(10)13-16-14-8/h1-3H3. The number of halogens is 1. The molecule has 2 aromatic heterocycles. The van der Waals surface area contributed by atoms with Crippen LogP contribution in [0.1, 0.15) is 17.0 Å². The second-order valence-corrected chi connectivity index (χ2v) is 5.11. The minimum Gasteiger partial charge on any atom is -0.227 e. The van der Waals surface area contributed by atoms with Crippen molar-refractivity contribution in [1.29, 1.82) is 0 Å². The summed E-state index contributed by atoms with van der Waals surface area (Å²) >= 11 is 8.29. The van der Waals surface area contributed by atoms with Crippen molar-refractivity contribution < 1.29 is 0 Å². The Labute approximate surface area is 107 Å². The number of hydrogen-bond acceptors (Lipinski definition) is 6. The molecule has 2 rings (SSSR count). The first-order chi connectivity index (χ1) is 7.58. The summed E-state index contributed by atoms with van der Waals surface area (Å²) in [4.78, 5) is 8.76. The van der Waals surface area contributed by atoms with Gasteiger partial charge in [0.25, 0.3) is 0 Å². The molecule has 0 amide bonds. The molecule has 0 aromatic carbocycles. The highest BCUT2D eigenvalue weighted by atomic mass is 35.5. The monoisotopic (exact) mass is 272 g/mol. The molecule has 4 nitrogen and oxygen atoms in total. The molecule has 0 N–H and O–H groups in total. The normalized spacial score (nSPS) is 10.8. The van der Waals surface area contributed by atoms with Crippen LogP contribution < -0.4 is 0 Å².